The Bertz CT molecular complexity index is 599. The van der Waals surface area contributed by atoms with Crippen LogP contribution < -0.4 is 5.32 Å². The van der Waals surface area contributed by atoms with E-state index in [1.807, 2.05) is 34.7 Å². The van der Waals surface area contributed by atoms with Gasteiger partial charge in [0.15, 0.2) is 0 Å². The molecular weight excluding hydrogens is 387 g/mol. The number of hydrogen-bond acceptors (Lipinski definition) is 4. The molecule has 2 aromatic rings. The molecule has 20 heavy (non-hydrogen) atoms. The average molecular weight is 402 g/mol. The highest BCUT2D eigenvalue weighted by atomic mass is 127. The molecule has 0 fully saturated rings. The van der Waals surface area contributed by atoms with Gasteiger partial charge in [-0.15, -0.1) is 11.3 Å². The van der Waals surface area contributed by atoms with Crippen molar-refractivity contribution in [1.29, 1.82) is 0 Å². The number of halogens is 1. The highest BCUT2D eigenvalue weighted by molar-refractivity contribution is 14.1. The Morgan fingerprint density at radius 1 is 1.35 bits per heavy atom. The van der Waals surface area contributed by atoms with Crippen molar-refractivity contribution in [2.24, 2.45) is 5.92 Å². The summed E-state index contributed by atoms with van der Waals surface area (Å²) in [5.74, 6) is 0.432. The summed E-state index contributed by atoms with van der Waals surface area (Å²) in [6.07, 6.45) is 0. The van der Waals surface area contributed by atoms with Gasteiger partial charge in [-0.1, -0.05) is 19.9 Å². The van der Waals surface area contributed by atoms with E-state index in [0.29, 0.717) is 9.49 Å². The van der Waals surface area contributed by atoms with E-state index in [1.54, 1.807) is 23.5 Å². The smallest absolute Gasteiger partial charge is 0.282 e. The second kappa shape index (κ2) is 6.53. The van der Waals surface area contributed by atoms with Crippen molar-refractivity contribution in [2.75, 3.05) is 5.32 Å². The van der Waals surface area contributed by atoms with E-state index in [9.17, 15) is 10.1 Å². The van der Waals surface area contributed by atoms with Crippen LogP contribution in [0.1, 0.15) is 24.8 Å². The van der Waals surface area contributed by atoms with Crippen LogP contribution in [0.3, 0.4) is 0 Å². The van der Waals surface area contributed by atoms with Crippen LogP contribution in [-0.4, -0.2) is 4.92 Å². The molecule has 0 aliphatic carbocycles. The van der Waals surface area contributed by atoms with Crippen LogP contribution in [0.25, 0.3) is 0 Å². The van der Waals surface area contributed by atoms with Gasteiger partial charge in [0, 0.05) is 16.6 Å². The standard InChI is InChI=1S/C14H15IN2O2S/c1-9(2)14(13-4-3-7-20-13)16-10-5-6-12(17(18)19)11(15)8-10/h3-9,14,16H,1-2H3. The maximum Gasteiger partial charge on any atom is 0.282 e. The van der Waals surface area contributed by atoms with Gasteiger partial charge in [-0.25, -0.2) is 0 Å². The lowest BCUT2D eigenvalue weighted by Gasteiger charge is -2.22. The summed E-state index contributed by atoms with van der Waals surface area (Å²) in [6.45, 7) is 4.32. The summed E-state index contributed by atoms with van der Waals surface area (Å²) in [6, 6.07) is 9.50. The molecule has 0 bridgehead atoms. The molecule has 0 amide bonds. The lowest BCUT2D eigenvalue weighted by Crippen LogP contribution is -2.15. The molecule has 106 valence electrons. The molecule has 2 rings (SSSR count). The second-order valence-corrected chi connectivity index (χ2v) is 6.95. The van der Waals surface area contributed by atoms with Crippen molar-refractivity contribution in [1.82, 2.24) is 0 Å². The Morgan fingerprint density at radius 2 is 2.10 bits per heavy atom. The first-order chi connectivity index (χ1) is 9.49. The zero-order chi connectivity index (χ0) is 14.7. The van der Waals surface area contributed by atoms with Gasteiger partial charge in [0.05, 0.1) is 14.5 Å². The summed E-state index contributed by atoms with van der Waals surface area (Å²) in [4.78, 5) is 11.7. The van der Waals surface area contributed by atoms with Gasteiger partial charge in [0.2, 0.25) is 0 Å². The first-order valence-electron chi connectivity index (χ1n) is 6.23. The molecule has 1 aromatic heterocycles. The van der Waals surface area contributed by atoms with Gasteiger partial charge in [-0.2, -0.15) is 0 Å². The summed E-state index contributed by atoms with van der Waals surface area (Å²) < 4.78 is 0.645. The van der Waals surface area contributed by atoms with Crippen LogP contribution in [0.2, 0.25) is 0 Å². The fraction of sp³-hybridized carbons (Fsp3) is 0.286. The third-order valence-corrected chi connectivity index (χ3v) is 4.80. The SMILES string of the molecule is CC(C)C(Nc1ccc([N+](=O)[O-])c(I)c1)c1cccs1. The molecule has 4 nitrogen and oxygen atoms in total. The lowest BCUT2D eigenvalue weighted by molar-refractivity contribution is -0.385. The van der Waals surface area contributed by atoms with Gasteiger partial charge >= 0.3 is 0 Å². The predicted molar refractivity (Wildman–Crippen MR) is 91.3 cm³/mol. The quantitative estimate of drug-likeness (QED) is 0.432. The predicted octanol–water partition coefficient (Wildman–Crippen LogP) is 5.07. The molecular formula is C14H15IN2O2S. The molecule has 1 atom stereocenters. The number of rotatable bonds is 5. The highest BCUT2D eigenvalue weighted by Crippen LogP contribution is 2.31. The van der Waals surface area contributed by atoms with E-state index < -0.39 is 0 Å². The number of nitro benzene ring substituents is 1. The molecule has 0 aliphatic rings. The fourth-order valence-electron chi connectivity index (χ4n) is 1.96. The molecule has 1 unspecified atom stereocenters. The lowest BCUT2D eigenvalue weighted by atomic mass is 10.0. The van der Waals surface area contributed by atoms with Gasteiger partial charge in [0.25, 0.3) is 5.69 Å². The summed E-state index contributed by atoms with van der Waals surface area (Å²) in [5.41, 5.74) is 1.06. The first kappa shape index (κ1) is 15.2. The van der Waals surface area contributed by atoms with Gasteiger partial charge in [-0.3, -0.25) is 10.1 Å². The first-order valence-corrected chi connectivity index (χ1v) is 8.18. The minimum absolute atomic E-state index is 0.147. The number of nitrogens with zero attached hydrogens (tertiary/aromatic N) is 1. The monoisotopic (exact) mass is 402 g/mol. The Hall–Kier alpha value is -1.15. The Balaban J connectivity index is 2.24. The van der Waals surface area contributed by atoms with E-state index in [2.05, 4.69) is 30.6 Å². The van der Waals surface area contributed by atoms with E-state index in [1.165, 1.54) is 4.88 Å². The molecule has 0 aliphatic heterocycles. The van der Waals surface area contributed by atoms with Crippen molar-refractivity contribution in [3.8, 4) is 0 Å². The molecule has 1 aromatic carbocycles. The van der Waals surface area contributed by atoms with E-state index >= 15 is 0 Å². The number of nitrogens with one attached hydrogen (secondary N) is 1. The number of anilines is 1. The third kappa shape index (κ3) is 3.49. The van der Waals surface area contributed by atoms with Crippen LogP contribution >= 0.6 is 33.9 Å². The largest absolute Gasteiger partial charge is 0.377 e. The van der Waals surface area contributed by atoms with E-state index in [-0.39, 0.29) is 16.7 Å². The maximum absolute atomic E-state index is 10.8. The second-order valence-electron chi connectivity index (χ2n) is 4.80. The van der Waals surface area contributed by atoms with Crippen molar-refractivity contribution >= 4 is 45.3 Å². The Morgan fingerprint density at radius 3 is 2.60 bits per heavy atom. The number of nitro groups is 1. The molecule has 1 heterocycles. The van der Waals surface area contributed by atoms with Crippen molar-refractivity contribution < 1.29 is 4.92 Å². The summed E-state index contributed by atoms with van der Waals surface area (Å²) in [5, 5.41) is 16.4. The van der Waals surface area contributed by atoms with Crippen LogP contribution in [0, 0.1) is 19.6 Å². The van der Waals surface area contributed by atoms with E-state index in [4.69, 9.17) is 0 Å². The third-order valence-electron chi connectivity index (χ3n) is 2.98. The molecule has 0 saturated heterocycles. The Labute approximate surface area is 135 Å². The van der Waals surface area contributed by atoms with Crippen LogP contribution in [-0.2, 0) is 0 Å². The molecule has 1 N–H and O–H groups in total. The fourth-order valence-corrected chi connectivity index (χ4v) is 3.62. The topological polar surface area (TPSA) is 55.2 Å². The Kier molecular flexibility index (Phi) is 4.98. The summed E-state index contributed by atoms with van der Waals surface area (Å²) in [7, 11) is 0. The number of benzene rings is 1. The molecule has 0 saturated carbocycles. The molecule has 6 heteroatoms. The van der Waals surface area contributed by atoms with Crippen molar-refractivity contribution in [3.63, 3.8) is 0 Å². The number of thiophene rings is 1. The van der Waals surface area contributed by atoms with Gasteiger partial charge < -0.3 is 5.32 Å². The van der Waals surface area contributed by atoms with Gasteiger partial charge in [0.1, 0.15) is 0 Å². The van der Waals surface area contributed by atoms with Crippen LogP contribution in [0.15, 0.2) is 35.7 Å². The van der Waals surface area contributed by atoms with Crippen LogP contribution in [0.4, 0.5) is 11.4 Å². The average Bonchev–Trinajstić information content (AvgIpc) is 2.88. The normalized spacial score (nSPS) is 12.4. The minimum Gasteiger partial charge on any atom is -0.377 e. The zero-order valence-electron chi connectivity index (χ0n) is 11.2. The molecule has 0 radical (unpaired) electrons. The number of hydrogen-bond donors (Lipinski definition) is 1. The van der Waals surface area contributed by atoms with Gasteiger partial charge in [-0.05, 0) is 52.1 Å². The van der Waals surface area contributed by atoms with E-state index in [0.717, 1.165) is 5.69 Å². The van der Waals surface area contributed by atoms with Crippen molar-refractivity contribution in [3.05, 3.63) is 54.3 Å². The molecule has 0 spiro atoms. The maximum atomic E-state index is 10.8. The highest BCUT2D eigenvalue weighted by Gasteiger charge is 2.18. The minimum atomic E-state index is -0.356. The van der Waals surface area contributed by atoms with Crippen LogP contribution in [0.5, 0.6) is 0 Å². The zero-order valence-corrected chi connectivity index (χ0v) is 14.1. The van der Waals surface area contributed by atoms with Crippen molar-refractivity contribution in [2.45, 2.75) is 19.9 Å². The summed E-state index contributed by atoms with van der Waals surface area (Å²) >= 11 is 3.72.